The number of rotatable bonds is 14. The molecule has 0 radical (unpaired) electrons. The molecule has 1 aliphatic heterocycles. The monoisotopic (exact) mass is 493 g/mol. The molecule has 1 aromatic heterocycles. The predicted molar refractivity (Wildman–Crippen MR) is 123 cm³/mol. The molecule has 1 aromatic carbocycles. The number of ether oxygens (including phenoxy) is 4. The molecule has 12 heteroatoms. The third-order valence-corrected chi connectivity index (χ3v) is 5.62. The molecule has 0 aliphatic carbocycles. The summed E-state index contributed by atoms with van der Waals surface area (Å²) >= 11 is 0. The molecule has 2 heterocycles. The smallest absolute Gasteiger partial charge is 0.337 e. The molecule has 12 nitrogen and oxygen atoms in total. The number of carboxylic acids is 1. The van der Waals surface area contributed by atoms with Gasteiger partial charge in [-0.25, -0.2) is 9.59 Å². The molecule has 0 saturated carbocycles. The van der Waals surface area contributed by atoms with Gasteiger partial charge < -0.3 is 24.1 Å². The molecule has 0 spiro atoms. The standard InChI is InChI=1S/C23H31N3O9/c1-3-32-9-10-33-11-12-34-13-14-35-20(22(29)30)15-5-4-6-16-19(15)25(2)23(31)26(16)17-7-8-18(27)24-21(17)28/h4-6,17,20H,3,7-14H2,1-2H3,(H,29,30)(H,24,27,28). The molecular weight excluding hydrogens is 462 g/mol. The van der Waals surface area contributed by atoms with Crippen LogP contribution in [0.2, 0.25) is 0 Å². The highest BCUT2D eigenvalue weighted by molar-refractivity contribution is 6.00. The topological polar surface area (TPSA) is 147 Å². The fourth-order valence-electron chi connectivity index (χ4n) is 4.01. The molecule has 35 heavy (non-hydrogen) atoms. The molecule has 1 aliphatic rings. The second-order valence-electron chi connectivity index (χ2n) is 7.90. The van der Waals surface area contributed by atoms with Crippen molar-refractivity contribution in [3.05, 3.63) is 34.2 Å². The molecule has 0 bridgehead atoms. The van der Waals surface area contributed by atoms with E-state index in [0.29, 0.717) is 44.1 Å². The number of nitrogens with zero attached hydrogens (tertiary/aromatic N) is 2. The highest BCUT2D eigenvalue weighted by Crippen LogP contribution is 2.29. The van der Waals surface area contributed by atoms with Crippen LogP contribution in [-0.2, 0) is 40.4 Å². The van der Waals surface area contributed by atoms with Crippen molar-refractivity contribution in [3.63, 3.8) is 0 Å². The predicted octanol–water partition coefficient (Wildman–Crippen LogP) is 0.530. The van der Waals surface area contributed by atoms with Crippen LogP contribution >= 0.6 is 0 Å². The number of imide groups is 1. The molecule has 192 valence electrons. The van der Waals surface area contributed by atoms with Crippen molar-refractivity contribution >= 4 is 28.8 Å². The van der Waals surface area contributed by atoms with E-state index >= 15 is 0 Å². The van der Waals surface area contributed by atoms with Crippen LogP contribution in [0.15, 0.2) is 23.0 Å². The van der Waals surface area contributed by atoms with E-state index in [4.69, 9.17) is 18.9 Å². The number of para-hydroxylation sites is 1. The van der Waals surface area contributed by atoms with Gasteiger partial charge in [0.05, 0.1) is 50.7 Å². The van der Waals surface area contributed by atoms with Gasteiger partial charge in [-0.05, 0) is 19.4 Å². The lowest BCUT2D eigenvalue weighted by Gasteiger charge is -2.22. The van der Waals surface area contributed by atoms with Crippen molar-refractivity contribution in [1.29, 1.82) is 0 Å². The van der Waals surface area contributed by atoms with E-state index < -0.39 is 29.7 Å². The fraction of sp³-hybridized carbons (Fsp3) is 0.565. The minimum Gasteiger partial charge on any atom is -0.479 e. The molecule has 2 atom stereocenters. The first-order valence-electron chi connectivity index (χ1n) is 11.5. The Morgan fingerprint density at radius 1 is 1.09 bits per heavy atom. The van der Waals surface area contributed by atoms with E-state index in [2.05, 4.69) is 5.32 Å². The van der Waals surface area contributed by atoms with E-state index in [1.54, 1.807) is 18.2 Å². The molecule has 3 rings (SSSR count). The van der Waals surface area contributed by atoms with Crippen LogP contribution in [0.1, 0.15) is 37.5 Å². The summed E-state index contributed by atoms with van der Waals surface area (Å²) in [6.07, 6.45) is -1.07. The summed E-state index contributed by atoms with van der Waals surface area (Å²) < 4.78 is 24.1. The normalized spacial score (nSPS) is 17.0. The second kappa shape index (κ2) is 12.6. The highest BCUT2D eigenvalue weighted by atomic mass is 16.6. The molecule has 1 fully saturated rings. The van der Waals surface area contributed by atoms with Gasteiger partial charge in [-0.1, -0.05) is 12.1 Å². The SMILES string of the molecule is CCOCCOCCOCCOC(C(=O)O)c1cccc2c1n(C)c(=O)n2C1CCC(=O)NC1=O. The van der Waals surface area contributed by atoms with E-state index in [9.17, 15) is 24.3 Å². The number of imidazole rings is 1. The van der Waals surface area contributed by atoms with Gasteiger partial charge in [0.25, 0.3) is 0 Å². The lowest BCUT2D eigenvalue weighted by Crippen LogP contribution is -2.44. The van der Waals surface area contributed by atoms with Crippen molar-refractivity contribution in [3.8, 4) is 0 Å². The minimum atomic E-state index is -1.35. The number of carboxylic acid groups (broad SMARTS) is 1. The van der Waals surface area contributed by atoms with Gasteiger partial charge in [0.15, 0.2) is 6.10 Å². The van der Waals surface area contributed by atoms with Crippen LogP contribution in [0.5, 0.6) is 0 Å². The summed E-state index contributed by atoms with van der Waals surface area (Å²) in [5.41, 5.74) is 0.525. The van der Waals surface area contributed by atoms with Gasteiger partial charge in [-0.2, -0.15) is 0 Å². The molecular formula is C23H31N3O9. The van der Waals surface area contributed by atoms with Crippen LogP contribution in [0.4, 0.5) is 0 Å². The third-order valence-electron chi connectivity index (χ3n) is 5.62. The van der Waals surface area contributed by atoms with E-state index in [0.717, 1.165) is 0 Å². The van der Waals surface area contributed by atoms with Gasteiger partial charge in [0.1, 0.15) is 6.04 Å². The van der Waals surface area contributed by atoms with Crippen LogP contribution in [0, 0.1) is 0 Å². The number of carbonyl (C=O) groups excluding carboxylic acids is 2. The first-order valence-corrected chi connectivity index (χ1v) is 11.5. The average Bonchev–Trinajstić information content (AvgIpc) is 3.08. The van der Waals surface area contributed by atoms with Crippen LogP contribution in [0.25, 0.3) is 11.0 Å². The first-order chi connectivity index (χ1) is 16.9. The average molecular weight is 494 g/mol. The Bertz CT molecular complexity index is 1110. The zero-order valence-corrected chi connectivity index (χ0v) is 19.9. The molecule has 2 unspecified atom stereocenters. The largest absolute Gasteiger partial charge is 0.479 e. The Morgan fingerprint density at radius 3 is 2.37 bits per heavy atom. The second-order valence-corrected chi connectivity index (χ2v) is 7.90. The molecule has 2 amide bonds. The Morgan fingerprint density at radius 2 is 1.74 bits per heavy atom. The van der Waals surface area contributed by atoms with Crippen molar-refractivity contribution < 1.29 is 38.4 Å². The van der Waals surface area contributed by atoms with E-state index in [1.807, 2.05) is 6.92 Å². The quantitative estimate of drug-likeness (QED) is 0.284. The van der Waals surface area contributed by atoms with Crippen LogP contribution in [0.3, 0.4) is 0 Å². The van der Waals surface area contributed by atoms with Gasteiger partial charge >= 0.3 is 11.7 Å². The van der Waals surface area contributed by atoms with Crippen molar-refractivity contribution in [2.24, 2.45) is 7.05 Å². The van der Waals surface area contributed by atoms with E-state index in [1.165, 1.54) is 16.2 Å². The lowest BCUT2D eigenvalue weighted by molar-refractivity contribution is -0.152. The maximum atomic E-state index is 13.0. The first kappa shape index (κ1) is 26.5. The number of aliphatic carboxylic acids is 1. The lowest BCUT2D eigenvalue weighted by atomic mass is 10.0. The molecule has 2 aromatic rings. The third kappa shape index (κ3) is 6.34. The summed E-state index contributed by atoms with van der Waals surface area (Å²) in [5, 5.41) is 12.1. The number of hydrogen-bond acceptors (Lipinski definition) is 8. The van der Waals surface area contributed by atoms with Crippen molar-refractivity contribution in [1.82, 2.24) is 14.5 Å². The maximum Gasteiger partial charge on any atom is 0.337 e. The summed E-state index contributed by atoms with van der Waals surface area (Å²) in [7, 11) is 1.50. The van der Waals surface area contributed by atoms with Crippen molar-refractivity contribution in [2.75, 3.05) is 46.2 Å². The van der Waals surface area contributed by atoms with Gasteiger partial charge in [0, 0.05) is 25.6 Å². The summed E-state index contributed by atoms with van der Waals surface area (Å²) in [6.45, 7) is 4.39. The number of aromatic nitrogens is 2. The summed E-state index contributed by atoms with van der Waals surface area (Å²) in [4.78, 5) is 49.0. The van der Waals surface area contributed by atoms with Gasteiger partial charge in [0.2, 0.25) is 11.8 Å². The zero-order valence-electron chi connectivity index (χ0n) is 19.9. The van der Waals surface area contributed by atoms with Gasteiger partial charge in [-0.15, -0.1) is 0 Å². The number of piperidine rings is 1. The zero-order chi connectivity index (χ0) is 25.4. The van der Waals surface area contributed by atoms with Gasteiger partial charge in [-0.3, -0.25) is 24.0 Å². The molecule has 1 saturated heterocycles. The Hall–Kier alpha value is -3.06. The number of fused-ring (bicyclic) bond motifs is 1. The summed E-state index contributed by atoms with van der Waals surface area (Å²) in [5.74, 6) is -2.18. The number of nitrogens with one attached hydrogen (secondary N) is 1. The Balaban J connectivity index is 1.70. The fourth-order valence-corrected chi connectivity index (χ4v) is 4.01. The van der Waals surface area contributed by atoms with Crippen molar-refractivity contribution in [2.45, 2.75) is 31.9 Å². The Labute approximate surface area is 201 Å². The number of hydrogen-bond donors (Lipinski definition) is 2. The number of carbonyl (C=O) groups is 3. The number of benzene rings is 1. The maximum absolute atomic E-state index is 13.0. The van der Waals surface area contributed by atoms with Crippen LogP contribution < -0.4 is 11.0 Å². The highest BCUT2D eigenvalue weighted by Gasteiger charge is 2.33. The van der Waals surface area contributed by atoms with Crippen LogP contribution in [-0.4, -0.2) is 78.3 Å². The minimum absolute atomic E-state index is 0.00803. The Kier molecular flexibility index (Phi) is 9.55. The van der Waals surface area contributed by atoms with E-state index in [-0.39, 0.29) is 37.5 Å². The molecule has 2 N–H and O–H groups in total. The number of aryl methyl sites for hydroxylation is 1. The number of amides is 2. The summed E-state index contributed by atoms with van der Waals surface area (Å²) in [6, 6.07) is 3.95.